The second-order valence-corrected chi connectivity index (χ2v) is 6.72. The molecule has 0 bridgehead atoms. The number of hydrogen-bond donors (Lipinski definition) is 0. The largest absolute Gasteiger partial charge is 0.469 e. The Bertz CT molecular complexity index is 659. The molecule has 1 aromatic carbocycles. The summed E-state index contributed by atoms with van der Waals surface area (Å²) in [6.07, 6.45) is 0.994. The quantitative estimate of drug-likeness (QED) is 0.753. The number of esters is 1. The number of thiazole rings is 1. The number of methoxy groups -OCH3 is 1. The van der Waals surface area contributed by atoms with E-state index in [0.717, 1.165) is 30.3 Å². The number of carbonyl (C=O) groups is 1. The van der Waals surface area contributed by atoms with E-state index in [1.807, 2.05) is 11.4 Å². The number of nitrogens with zero attached hydrogens (tertiary/aromatic N) is 2. The zero-order valence-corrected chi connectivity index (χ0v) is 14.6. The van der Waals surface area contributed by atoms with Gasteiger partial charge in [0.05, 0.1) is 25.8 Å². The molecule has 0 spiro atoms. The van der Waals surface area contributed by atoms with E-state index in [2.05, 4.69) is 38.9 Å². The van der Waals surface area contributed by atoms with Gasteiger partial charge in [-0.25, -0.2) is 4.98 Å². The Morgan fingerprint density at radius 1 is 1.42 bits per heavy atom. The Kier molecular flexibility index (Phi) is 5.96. The van der Waals surface area contributed by atoms with Gasteiger partial charge in [-0.05, 0) is 5.56 Å². The van der Waals surface area contributed by atoms with Crippen molar-refractivity contribution in [3.05, 3.63) is 52.0 Å². The first-order chi connectivity index (χ1) is 11.7. The Hall–Kier alpha value is -1.76. The molecule has 0 aliphatic carbocycles. The summed E-state index contributed by atoms with van der Waals surface area (Å²) in [5, 5.41) is 3.00. The average molecular weight is 346 g/mol. The molecular weight excluding hydrogens is 324 g/mol. The highest BCUT2D eigenvalue weighted by Gasteiger charge is 2.24. The van der Waals surface area contributed by atoms with Crippen molar-refractivity contribution >= 4 is 17.3 Å². The molecule has 3 rings (SSSR count). The number of ether oxygens (including phenoxy) is 2. The normalized spacial score (nSPS) is 18.5. The lowest BCUT2D eigenvalue weighted by atomic mass is 10.2. The van der Waals surface area contributed by atoms with Crippen molar-refractivity contribution in [1.82, 2.24) is 9.88 Å². The van der Waals surface area contributed by atoms with E-state index in [4.69, 9.17) is 4.74 Å². The Morgan fingerprint density at radius 3 is 3.04 bits per heavy atom. The van der Waals surface area contributed by atoms with Gasteiger partial charge in [0.1, 0.15) is 11.1 Å². The summed E-state index contributed by atoms with van der Waals surface area (Å²) in [6, 6.07) is 10.5. The minimum atomic E-state index is -0.201. The highest BCUT2D eigenvalue weighted by Crippen LogP contribution is 2.26. The number of rotatable bonds is 6. The summed E-state index contributed by atoms with van der Waals surface area (Å²) in [7, 11) is 1.41. The molecule has 0 radical (unpaired) electrons. The van der Waals surface area contributed by atoms with Crippen LogP contribution in [0.2, 0.25) is 0 Å². The van der Waals surface area contributed by atoms with Crippen molar-refractivity contribution in [3.8, 4) is 0 Å². The van der Waals surface area contributed by atoms with Crippen LogP contribution in [0.15, 0.2) is 35.7 Å². The Labute approximate surface area is 146 Å². The highest BCUT2D eigenvalue weighted by atomic mass is 32.1. The van der Waals surface area contributed by atoms with Gasteiger partial charge in [-0.3, -0.25) is 9.69 Å². The lowest BCUT2D eigenvalue weighted by Crippen LogP contribution is -2.37. The fourth-order valence-electron chi connectivity index (χ4n) is 2.75. The second kappa shape index (κ2) is 8.37. The summed E-state index contributed by atoms with van der Waals surface area (Å²) < 4.78 is 10.6. The van der Waals surface area contributed by atoms with Gasteiger partial charge in [-0.1, -0.05) is 30.3 Å². The van der Waals surface area contributed by atoms with E-state index in [0.29, 0.717) is 19.4 Å². The molecule has 0 unspecified atom stereocenters. The molecule has 2 heterocycles. The molecule has 1 aliphatic rings. The third-order valence-electron chi connectivity index (χ3n) is 4.06. The molecule has 2 aromatic rings. The molecule has 1 atom stereocenters. The monoisotopic (exact) mass is 346 g/mol. The number of benzene rings is 1. The Morgan fingerprint density at radius 2 is 2.25 bits per heavy atom. The molecule has 0 N–H and O–H groups in total. The zero-order valence-electron chi connectivity index (χ0n) is 13.8. The summed E-state index contributed by atoms with van der Waals surface area (Å²) in [5.74, 6) is -0.201. The van der Waals surface area contributed by atoms with Crippen LogP contribution >= 0.6 is 11.3 Å². The van der Waals surface area contributed by atoms with E-state index >= 15 is 0 Å². The first-order valence-electron chi connectivity index (χ1n) is 8.13. The van der Waals surface area contributed by atoms with Crippen LogP contribution in [0.4, 0.5) is 0 Å². The van der Waals surface area contributed by atoms with Crippen molar-refractivity contribution in [2.24, 2.45) is 0 Å². The van der Waals surface area contributed by atoms with Crippen molar-refractivity contribution < 1.29 is 14.3 Å². The van der Waals surface area contributed by atoms with Crippen LogP contribution in [0.25, 0.3) is 0 Å². The maximum atomic E-state index is 11.2. The van der Waals surface area contributed by atoms with Gasteiger partial charge in [0.25, 0.3) is 0 Å². The smallest absolute Gasteiger partial charge is 0.305 e. The number of hydrogen-bond acceptors (Lipinski definition) is 6. The van der Waals surface area contributed by atoms with Gasteiger partial charge in [-0.2, -0.15) is 0 Å². The van der Waals surface area contributed by atoms with Crippen molar-refractivity contribution in [2.45, 2.75) is 25.5 Å². The predicted octanol–water partition coefficient (Wildman–Crippen LogP) is 2.82. The van der Waals surface area contributed by atoms with Gasteiger partial charge in [0.2, 0.25) is 0 Å². The second-order valence-electron chi connectivity index (χ2n) is 5.83. The van der Waals surface area contributed by atoms with Crippen LogP contribution < -0.4 is 0 Å². The molecule has 5 nitrogen and oxygen atoms in total. The minimum Gasteiger partial charge on any atom is -0.469 e. The molecule has 1 saturated heterocycles. The van der Waals surface area contributed by atoms with Gasteiger partial charge in [0, 0.05) is 31.4 Å². The lowest BCUT2D eigenvalue weighted by Gasteiger charge is -2.32. The topological polar surface area (TPSA) is 51.7 Å². The molecule has 1 aromatic heterocycles. The number of aryl methyl sites for hydroxylation is 1. The van der Waals surface area contributed by atoms with Crippen LogP contribution in [0.5, 0.6) is 0 Å². The van der Waals surface area contributed by atoms with Gasteiger partial charge < -0.3 is 9.47 Å². The maximum Gasteiger partial charge on any atom is 0.305 e. The summed E-state index contributed by atoms with van der Waals surface area (Å²) in [4.78, 5) is 18.3. The maximum absolute atomic E-state index is 11.2. The molecule has 1 aliphatic heterocycles. The van der Waals surface area contributed by atoms with Crippen LogP contribution in [0.1, 0.15) is 28.8 Å². The highest BCUT2D eigenvalue weighted by molar-refractivity contribution is 7.09. The molecule has 1 fully saturated rings. The predicted molar refractivity (Wildman–Crippen MR) is 92.9 cm³/mol. The van der Waals surface area contributed by atoms with Gasteiger partial charge in [0.15, 0.2) is 0 Å². The van der Waals surface area contributed by atoms with Crippen LogP contribution in [0, 0.1) is 0 Å². The zero-order chi connectivity index (χ0) is 16.8. The summed E-state index contributed by atoms with van der Waals surface area (Å²) in [6.45, 7) is 3.43. The van der Waals surface area contributed by atoms with E-state index < -0.39 is 0 Å². The first kappa shape index (κ1) is 17.1. The fourth-order valence-corrected chi connectivity index (χ4v) is 3.65. The van der Waals surface area contributed by atoms with Gasteiger partial charge >= 0.3 is 5.97 Å². The van der Waals surface area contributed by atoms with E-state index in [-0.39, 0.29) is 12.1 Å². The van der Waals surface area contributed by atoms with Crippen LogP contribution in [-0.4, -0.2) is 42.7 Å². The van der Waals surface area contributed by atoms with E-state index in [1.54, 1.807) is 11.3 Å². The van der Waals surface area contributed by atoms with Crippen molar-refractivity contribution in [2.75, 3.05) is 26.8 Å². The summed E-state index contributed by atoms with van der Waals surface area (Å²) >= 11 is 1.61. The molecule has 24 heavy (non-hydrogen) atoms. The third-order valence-corrected chi connectivity index (χ3v) is 5.04. The number of aromatic nitrogens is 1. The molecule has 6 heteroatoms. The van der Waals surface area contributed by atoms with Crippen molar-refractivity contribution in [3.63, 3.8) is 0 Å². The molecule has 0 amide bonds. The van der Waals surface area contributed by atoms with Crippen molar-refractivity contribution in [1.29, 1.82) is 0 Å². The van der Waals surface area contributed by atoms with Crippen LogP contribution in [-0.2, 0) is 27.2 Å². The van der Waals surface area contributed by atoms with E-state index in [1.165, 1.54) is 12.7 Å². The third kappa shape index (κ3) is 4.63. The number of morpholine rings is 1. The average Bonchev–Trinajstić information content (AvgIpc) is 3.10. The SMILES string of the molecule is COC(=O)CCc1csc([C@@H]2CN(Cc3ccccc3)CCO2)n1. The minimum absolute atomic E-state index is 0.0133. The summed E-state index contributed by atoms with van der Waals surface area (Å²) in [5.41, 5.74) is 2.25. The van der Waals surface area contributed by atoms with Crippen LogP contribution in [0.3, 0.4) is 0 Å². The molecule has 0 saturated carbocycles. The molecular formula is C18H22N2O3S. The first-order valence-corrected chi connectivity index (χ1v) is 9.01. The van der Waals surface area contributed by atoms with Gasteiger partial charge in [-0.15, -0.1) is 11.3 Å². The molecule has 128 valence electrons. The standard InChI is InChI=1S/C18H22N2O3S/c1-22-17(21)8-7-15-13-24-18(19-15)16-12-20(9-10-23-16)11-14-5-3-2-4-6-14/h2-6,13,16H,7-12H2,1H3/t16-/m0/s1. The lowest BCUT2D eigenvalue weighted by molar-refractivity contribution is -0.140. The van der Waals surface area contributed by atoms with E-state index in [9.17, 15) is 4.79 Å². The Balaban J connectivity index is 1.56. The fraction of sp³-hybridized carbons (Fsp3) is 0.444. The number of carbonyl (C=O) groups excluding carboxylic acids is 1.